The zero-order valence-electron chi connectivity index (χ0n) is 9.06. The van der Waals surface area contributed by atoms with Crippen LogP contribution in [0.4, 0.5) is 4.39 Å². The molecule has 0 fully saturated rings. The normalized spacial score (nSPS) is 12.3. The highest BCUT2D eigenvalue weighted by atomic mass is 19.1. The zero-order chi connectivity index (χ0) is 11.2. The number of aromatic amines is 1. The molecule has 1 aromatic carbocycles. The minimum absolute atomic E-state index is 0.328. The predicted molar refractivity (Wildman–Crippen MR) is 58.2 cm³/mol. The summed E-state index contributed by atoms with van der Waals surface area (Å²) < 4.78 is 14.0. The van der Waals surface area contributed by atoms with Crippen LogP contribution in [0.25, 0.3) is 10.9 Å². The van der Waals surface area contributed by atoms with E-state index in [0.717, 1.165) is 11.2 Å². The van der Waals surface area contributed by atoms with E-state index in [1.165, 1.54) is 0 Å². The van der Waals surface area contributed by atoms with Crippen molar-refractivity contribution in [3.63, 3.8) is 0 Å². The van der Waals surface area contributed by atoms with Gasteiger partial charge in [0.05, 0.1) is 5.60 Å². The molecule has 0 radical (unpaired) electrons. The van der Waals surface area contributed by atoms with Crippen LogP contribution in [0.5, 0.6) is 0 Å². The van der Waals surface area contributed by atoms with Crippen molar-refractivity contribution in [2.24, 2.45) is 0 Å². The molecule has 2 N–H and O–H groups in total. The second-order valence-electron chi connectivity index (χ2n) is 4.40. The molecule has 0 aliphatic heterocycles. The monoisotopic (exact) mass is 207 g/mol. The van der Waals surface area contributed by atoms with Gasteiger partial charge in [-0.2, -0.15) is 0 Å². The molecular weight excluding hydrogens is 193 g/mol. The molecule has 0 atom stereocenters. The minimum Gasteiger partial charge on any atom is -0.386 e. The van der Waals surface area contributed by atoms with Crippen molar-refractivity contribution < 1.29 is 9.50 Å². The van der Waals surface area contributed by atoms with Gasteiger partial charge in [-0.15, -0.1) is 0 Å². The van der Waals surface area contributed by atoms with Gasteiger partial charge in [0.2, 0.25) is 0 Å². The van der Waals surface area contributed by atoms with Crippen LogP contribution >= 0.6 is 0 Å². The molecular formula is C12H14FNO. The Morgan fingerprint density at radius 2 is 2.00 bits per heavy atom. The summed E-state index contributed by atoms with van der Waals surface area (Å²) >= 11 is 0. The molecule has 3 heteroatoms. The molecule has 0 unspecified atom stereocenters. The number of fused-ring (bicyclic) bond motifs is 1. The molecule has 0 saturated heterocycles. The summed E-state index contributed by atoms with van der Waals surface area (Å²) in [7, 11) is 0. The molecule has 1 heterocycles. The van der Waals surface area contributed by atoms with Crippen molar-refractivity contribution in [3.05, 3.63) is 35.3 Å². The maximum atomic E-state index is 14.0. The first kappa shape index (κ1) is 10.2. The van der Waals surface area contributed by atoms with Crippen molar-refractivity contribution >= 4 is 10.9 Å². The minimum atomic E-state index is -1.15. The van der Waals surface area contributed by atoms with Gasteiger partial charge >= 0.3 is 0 Å². The Morgan fingerprint density at radius 1 is 1.33 bits per heavy atom. The first-order valence-electron chi connectivity index (χ1n) is 4.90. The van der Waals surface area contributed by atoms with Crippen LogP contribution in [0.3, 0.4) is 0 Å². The lowest BCUT2D eigenvalue weighted by molar-refractivity contribution is 0.0749. The zero-order valence-corrected chi connectivity index (χ0v) is 9.06. The molecule has 2 nitrogen and oxygen atoms in total. The van der Waals surface area contributed by atoms with Crippen molar-refractivity contribution in [1.82, 2.24) is 4.98 Å². The van der Waals surface area contributed by atoms with E-state index in [9.17, 15) is 9.50 Å². The molecule has 0 bridgehead atoms. The van der Waals surface area contributed by atoms with Crippen LogP contribution in [0, 0.1) is 12.7 Å². The molecule has 1 aromatic heterocycles. The van der Waals surface area contributed by atoms with Gasteiger partial charge in [0.1, 0.15) is 5.82 Å². The Labute approximate surface area is 87.7 Å². The number of aryl methyl sites for hydroxylation is 1. The third kappa shape index (κ3) is 1.63. The van der Waals surface area contributed by atoms with Gasteiger partial charge < -0.3 is 10.1 Å². The van der Waals surface area contributed by atoms with Crippen LogP contribution in [-0.2, 0) is 5.60 Å². The average Bonchev–Trinajstić information content (AvgIpc) is 2.44. The van der Waals surface area contributed by atoms with Crippen molar-refractivity contribution in [3.8, 4) is 0 Å². The number of halogens is 1. The van der Waals surface area contributed by atoms with Crippen LogP contribution in [0.15, 0.2) is 18.2 Å². The molecule has 0 saturated carbocycles. The number of benzene rings is 1. The second kappa shape index (κ2) is 3.07. The van der Waals surface area contributed by atoms with E-state index >= 15 is 0 Å². The lowest BCUT2D eigenvalue weighted by Crippen LogP contribution is -2.17. The summed E-state index contributed by atoms with van der Waals surface area (Å²) in [6.07, 6.45) is 0. The Kier molecular flexibility index (Phi) is 2.08. The third-order valence-corrected chi connectivity index (χ3v) is 2.53. The summed E-state index contributed by atoms with van der Waals surface area (Å²) in [5, 5.41) is 10.3. The first-order valence-corrected chi connectivity index (χ1v) is 4.90. The Bertz CT molecular complexity index is 508. The van der Waals surface area contributed by atoms with E-state index in [0.29, 0.717) is 10.9 Å². The maximum absolute atomic E-state index is 14.0. The van der Waals surface area contributed by atoms with E-state index in [2.05, 4.69) is 4.98 Å². The Hall–Kier alpha value is -1.35. The van der Waals surface area contributed by atoms with Crippen molar-refractivity contribution in [2.75, 3.05) is 0 Å². The van der Waals surface area contributed by atoms with Crippen molar-refractivity contribution in [1.29, 1.82) is 0 Å². The quantitative estimate of drug-likeness (QED) is 0.741. The molecule has 80 valence electrons. The Morgan fingerprint density at radius 3 is 2.60 bits per heavy atom. The highest BCUT2D eigenvalue weighted by molar-refractivity contribution is 5.82. The highest BCUT2D eigenvalue weighted by Crippen LogP contribution is 2.28. The fraction of sp³-hybridized carbons (Fsp3) is 0.333. The molecule has 2 aromatic rings. The van der Waals surface area contributed by atoms with Gasteiger partial charge in [-0.25, -0.2) is 4.39 Å². The summed E-state index contributed by atoms with van der Waals surface area (Å²) in [4.78, 5) is 3.06. The van der Waals surface area contributed by atoms with Crippen LogP contribution in [0.1, 0.15) is 25.1 Å². The lowest BCUT2D eigenvalue weighted by Gasteiger charge is -2.18. The summed E-state index contributed by atoms with van der Waals surface area (Å²) in [5.41, 5.74) is 0.854. The molecule has 15 heavy (non-hydrogen) atoms. The fourth-order valence-corrected chi connectivity index (χ4v) is 1.78. The van der Waals surface area contributed by atoms with Crippen molar-refractivity contribution in [2.45, 2.75) is 26.4 Å². The molecule has 0 spiro atoms. The number of hydrogen-bond acceptors (Lipinski definition) is 1. The maximum Gasteiger partial charge on any atom is 0.138 e. The molecule has 0 amide bonds. The molecule has 0 aliphatic rings. The number of rotatable bonds is 1. The summed E-state index contributed by atoms with van der Waals surface area (Å²) in [6.45, 7) is 5.04. The molecule has 0 aliphatic carbocycles. The third-order valence-electron chi connectivity index (χ3n) is 2.53. The first-order chi connectivity index (χ1) is 6.89. The van der Waals surface area contributed by atoms with E-state index in [1.54, 1.807) is 32.0 Å². The number of nitrogens with one attached hydrogen (secondary N) is 1. The average molecular weight is 207 g/mol. The van der Waals surface area contributed by atoms with Gasteiger partial charge in [0.15, 0.2) is 0 Å². The van der Waals surface area contributed by atoms with E-state index in [1.807, 2.05) is 6.92 Å². The smallest absolute Gasteiger partial charge is 0.138 e. The number of hydrogen-bond donors (Lipinski definition) is 2. The lowest BCUT2D eigenvalue weighted by atomic mass is 9.96. The van der Waals surface area contributed by atoms with Gasteiger partial charge in [-0.05, 0) is 32.9 Å². The standard InChI is InChI=1S/C12H14FNO/c1-7-6-8-10(14-7)5-4-9(11(8)13)12(2,3)15/h4-6,14-15H,1-3H3. The van der Waals surface area contributed by atoms with Crippen LogP contribution < -0.4 is 0 Å². The van der Waals surface area contributed by atoms with Gasteiger partial charge in [0, 0.05) is 22.2 Å². The second-order valence-corrected chi connectivity index (χ2v) is 4.40. The molecule has 2 rings (SSSR count). The predicted octanol–water partition coefficient (Wildman–Crippen LogP) is 2.84. The van der Waals surface area contributed by atoms with E-state index in [-0.39, 0.29) is 5.82 Å². The number of aromatic nitrogens is 1. The number of H-pyrrole nitrogens is 1. The Balaban J connectivity index is 2.75. The SMILES string of the molecule is Cc1cc2c(F)c(C(C)(C)O)ccc2[nH]1. The van der Waals surface area contributed by atoms with Gasteiger partial charge in [-0.3, -0.25) is 0 Å². The van der Waals surface area contributed by atoms with Gasteiger partial charge in [-0.1, -0.05) is 6.07 Å². The highest BCUT2D eigenvalue weighted by Gasteiger charge is 2.22. The van der Waals surface area contributed by atoms with Crippen LogP contribution in [-0.4, -0.2) is 10.1 Å². The van der Waals surface area contributed by atoms with Crippen LogP contribution in [0.2, 0.25) is 0 Å². The van der Waals surface area contributed by atoms with Gasteiger partial charge in [0.25, 0.3) is 0 Å². The largest absolute Gasteiger partial charge is 0.386 e. The number of aliphatic hydroxyl groups is 1. The summed E-state index contributed by atoms with van der Waals surface area (Å²) in [5.74, 6) is -0.343. The van der Waals surface area contributed by atoms with E-state index < -0.39 is 5.60 Å². The van der Waals surface area contributed by atoms with E-state index in [4.69, 9.17) is 0 Å². The summed E-state index contributed by atoms with van der Waals surface area (Å²) in [6, 6.07) is 5.16. The topological polar surface area (TPSA) is 36.0 Å². The fourth-order valence-electron chi connectivity index (χ4n) is 1.78.